The van der Waals surface area contributed by atoms with Crippen molar-refractivity contribution >= 4 is 17.5 Å². The fourth-order valence-corrected chi connectivity index (χ4v) is 1.73. The summed E-state index contributed by atoms with van der Waals surface area (Å²) in [6, 6.07) is 5.39. The predicted molar refractivity (Wildman–Crippen MR) is 71.7 cm³/mol. The van der Waals surface area contributed by atoms with Crippen molar-refractivity contribution in [3.05, 3.63) is 34.3 Å². The van der Waals surface area contributed by atoms with Crippen LogP contribution in [0.4, 0.5) is 0 Å². The van der Waals surface area contributed by atoms with Gasteiger partial charge in [0.15, 0.2) is 0 Å². The van der Waals surface area contributed by atoms with E-state index >= 15 is 0 Å². The Kier molecular flexibility index (Phi) is 5.45. The summed E-state index contributed by atoms with van der Waals surface area (Å²) in [5.41, 5.74) is 1.68. The average molecular weight is 255 g/mol. The van der Waals surface area contributed by atoms with Gasteiger partial charge in [-0.1, -0.05) is 18.5 Å². The molecular formula is C13H19ClN2O. The molecule has 1 rings (SSSR count). The van der Waals surface area contributed by atoms with Gasteiger partial charge in [-0.15, -0.1) is 0 Å². The van der Waals surface area contributed by atoms with Crippen LogP contribution in [0.15, 0.2) is 18.2 Å². The van der Waals surface area contributed by atoms with Gasteiger partial charge in [0.25, 0.3) is 5.91 Å². The van der Waals surface area contributed by atoms with Crippen LogP contribution in [0.25, 0.3) is 0 Å². The first kappa shape index (κ1) is 14.0. The number of nitrogens with one attached hydrogen (secondary N) is 1. The zero-order chi connectivity index (χ0) is 12.8. The molecule has 3 nitrogen and oxygen atoms in total. The summed E-state index contributed by atoms with van der Waals surface area (Å²) in [5.74, 6) is -0.0433. The number of hydrogen-bond donors (Lipinski definition) is 1. The highest BCUT2D eigenvalue weighted by Gasteiger charge is 2.07. The molecule has 0 radical (unpaired) electrons. The zero-order valence-corrected chi connectivity index (χ0v) is 11.3. The summed E-state index contributed by atoms with van der Waals surface area (Å²) < 4.78 is 0. The molecule has 0 unspecified atom stereocenters. The maximum Gasteiger partial charge on any atom is 0.251 e. The molecule has 0 atom stereocenters. The van der Waals surface area contributed by atoms with Gasteiger partial charge in [0.05, 0.1) is 0 Å². The van der Waals surface area contributed by atoms with Gasteiger partial charge < -0.3 is 10.2 Å². The molecule has 0 fully saturated rings. The number of rotatable bonds is 5. The number of likely N-dealkylation sites (N-methyl/N-ethyl adjacent to an activating group) is 1. The number of nitrogens with zero attached hydrogens (tertiary/aromatic N) is 1. The van der Waals surface area contributed by atoms with E-state index in [-0.39, 0.29) is 5.91 Å². The van der Waals surface area contributed by atoms with Crippen molar-refractivity contribution in [3.63, 3.8) is 0 Å². The smallest absolute Gasteiger partial charge is 0.251 e. The summed E-state index contributed by atoms with van der Waals surface area (Å²) in [6.07, 6.45) is 0.831. The molecule has 0 aromatic heterocycles. The molecule has 0 heterocycles. The number of amides is 1. The van der Waals surface area contributed by atoms with E-state index in [4.69, 9.17) is 11.6 Å². The summed E-state index contributed by atoms with van der Waals surface area (Å²) in [7, 11) is 3.95. The van der Waals surface area contributed by atoms with Crippen molar-refractivity contribution in [1.29, 1.82) is 0 Å². The van der Waals surface area contributed by atoms with Gasteiger partial charge in [-0.3, -0.25) is 4.79 Å². The lowest BCUT2D eigenvalue weighted by atomic mass is 10.1. The molecule has 0 aliphatic heterocycles. The second kappa shape index (κ2) is 6.62. The molecule has 1 N–H and O–H groups in total. The third kappa shape index (κ3) is 4.36. The van der Waals surface area contributed by atoms with Crippen molar-refractivity contribution in [1.82, 2.24) is 10.2 Å². The van der Waals surface area contributed by atoms with Crippen molar-refractivity contribution in [2.75, 3.05) is 27.2 Å². The van der Waals surface area contributed by atoms with Crippen LogP contribution in [-0.2, 0) is 6.42 Å². The van der Waals surface area contributed by atoms with Crippen LogP contribution in [0.3, 0.4) is 0 Å². The monoisotopic (exact) mass is 254 g/mol. The Labute approximate surface area is 108 Å². The van der Waals surface area contributed by atoms with E-state index in [1.54, 1.807) is 12.1 Å². The highest BCUT2D eigenvalue weighted by atomic mass is 35.5. The first-order valence-corrected chi connectivity index (χ1v) is 6.13. The van der Waals surface area contributed by atoms with Gasteiger partial charge in [-0.25, -0.2) is 0 Å². The lowest BCUT2D eigenvalue weighted by molar-refractivity contribution is 0.0951. The fourth-order valence-electron chi connectivity index (χ4n) is 1.48. The van der Waals surface area contributed by atoms with Crippen LogP contribution >= 0.6 is 11.6 Å². The summed E-state index contributed by atoms with van der Waals surface area (Å²) in [4.78, 5) is 13.9. The topological polar surface area (TPSA) is 32.3 Å². The molecule has 94 valence electrons. The SMILES string of the molecule is CCc1cc(C(=O)NCCN(C)C)ccc1Cl. The van der Waals surface area contributed by atoms with Gasteiger partial charge in [0.1, 0.15) is 0 Å². The van der Waals surface area contributed by atoms with E-state index < -0.39 is 0 Å². The quantitative estimate of drug-likeness (QED) is 0.874. The molecule has 0 aliphatic rings. The molecule has 4 heteroatoms. The third-order valence-corrected chi connectivity index (χ3v) is 2.90. The number of halogens is 1. The molecule has 1 amide bonds. The maximum atomic E-state index is 11.8. The Morgan fingerprint density at radius 2 is 2.12 bits per heavy atom. The van der Waals surface area contributed by atoms with Gasteiger partial charge in [0.2, 0.25) is 0 Å². The van der Waals surface area contributed by atoms with Crippen LogP contribution in [-0.4, -0.2) is 38.0 Å². The first-order valence-electron chi connectivity index (χ1n) is 5.76. The summed E-state index contributed by atoms with van der Waals surface area (Å²) in [5, 5.41) is 3.60. The molecule has 1 aromatic rings. The minimum Gasteiger partial charge on any atom is -0.351 e. The van der Waals surface area contributed by atoms with Gasteiger partial charge in [-0.05, 0) is 44.3 Å². The summed E-state index contributed by atoms with van der Waals surface area (Å²) in [6.45, 7) is 3.50. The predicted octanol–water partition coefficient (Wildman–Crippen LogP) is 2.19. The normalized spacial score (nSPS) is 10.6. The van der Waals surface area contributed by atoms with Crippen LogP contribution in [0.5, 0.6) is 0 Å². The molecule has 17 heavy (non-hydrogen) atoms. The van der Waals surface area contributed by atoms with E-state index in [9.17, 15) is 4.79 Å². The number of hydrogen-bond acceptors (Lipinski definition) is 2. The van der Waals surface area contributed by atoms with Gasteiger partial charge >= 0.3 is 0 Å². The molecule has 1 aromatic carbocycles. The average Bonchev–Trinajstić information content (AvgIpc) is 2.29. The van der Waals surface area contributed by atoms with Crippen LogP contribution in [0.2, 0.25) is 5.02 Å². The fraction of sp³-hybridized carbons (Fsp3) is 0.462. The summed E-state index contributed by atoms with van der Waals surface area (Å²) >= 11 is 6.01. The molecular weight excluding hydrogens is 236 g/mol. The van der Waals surface area contributed by atoms with E-state index in [1.807, 2.05) is 32.0 Å². The van der Waals surface area contributed by atoms with E-state index in [0.29, 0.717) is 12.1 Å². The second-order valence-corrected chi connectivity index (χ2v) is 4.63. The van der Waals surface area contributed by atoms with E-state index in [2.05, 4.69) is 5.32 Å². The first-order chi connectivity index (χ1) is 8.04. The van der Waals surface area contributed by atoms with Crippen LogP contribution < -0.4 is 5.32 Å². The van der Waals surface area contributed by atoms with E-state index in [1.165, 1.54) is 0 Å². The largest absolute Gasteiger partial charge is 0.351 e. The van der Waals surface area contributed by atoms with Crippen molar-refractivity contribution in [2.24, 2.45) is 0 Å². The Morgan fingerprint density at radius 1 is 1.41 bits per heavy atom. The van der Waals surface area contributed by atoms with Crippen molar-refractivity contribution in [3.8, 4) is 0 Å². The Bertz CT molecular complexity index is 391. The van der Waals surface area contributed by atoms with E-state index in [0.717, 1.165) is 23.6 Å². The molecule has 0 bridgehead atoms. The Morgan fingerprint density at radius 3 is 2.71 bits per heavy atom. The number of aryl methyl sites for hydroxylation is 1. The van der Waals surface area contributed by atoms with Crippen molar-refractivity contribution < 1.29 is 4.79 Å². The number of carbonyl (C=O) groups is 1. The molecule has 0 saturated heterocycles. The Hall–Kier alpha value is -1.06. The number of carbonyl (C=O) groups excluding carboxylic acids is 1. The Balaban J connectivity index is 2.63. The highest BCUT2D eigenvalue weighted by molar-refractivity contribution is 6.31. The zero-order valence-electron chi connectivity index (χ0n) is 10.6. The minimum atomic E-state index is -0.0433. The maximum absolute atomic E-state index is 11.8. The highest BCUT2D eigenvalue weighted by Crippen LogP contribution is 2.17. The van der Waals surface area contributed by atoms with Crippen molar-refractivity contribution in [2.45, 2.75) is 13.3 Å². The minimum absolute atomic E-state index is 0.0433. The van der Waals surface area contributed by atoms with Gasteiger partial charge in [-0.2, -0.15) is 0 Å². The van der Waals surface area contributed by atoms with Gasteiger partial charge in [0, 0.05) is 23.7 Å². The van der Waals surface area contributed by atoms with Crippen LogP contribution in [0, 0.1) is 0 Å². The lowest BCUT2D eigenvalue weighted by Gasteiger charge is -2.11. The second-order valence-electron chi connectivity index (χ2n) is 4.22. The molecule has 0 saturated carbocycles. The lowest BCUT2D eigenvalue weighted by Crippen LogP contribution is -2.31. The van der Waals surface area contributed by atoms with Crippen LogP contribution in [0.1, 0.15) is 22.8 Å². The number of benzene rings is 1. The third-order valence-electron chi connectivity index (χ3n) is 2.53. The standard InChI is InChI=1S/C13H19ClN2O/c1-4-10-9-11(5-6-12(10)14)13(17)15-7-8-16(2)3/h5-6,9H,4,7-8H2,1-3H3,(H,15,17). The molecule has 0 spiro atoms. The molecule has 0 aliphatic carbocycles.